The van der Waals surface area contributed by atoms with Gasteiger partial charge in [-0.25, -0.2) is 4.68 Å². The molecule has 0 bridgehead atoms. The highest BCUT2D eigenvalue weighted by Crippen LogP contribution is 2.30. The maximum Gasteiger partial charge on any atom is 0.275 e. The fourth-order valence-electron chi connectivity index (χ4n) is 3.94. The summed E-state index contributed by atoms with van der Waals surface area (Å²) in [4.78, 5) is 27.4. The largest absolute Gasteiger partial charge is 0.374 e. The van der Waals surface area contributed by atoms with Gasteiger partial charge in [0, 0.05) is 19.0 Å². The molecule has 1 aliphatic carbocycles. The van der Waals surface area contributed by atoms with Crippen LogP contribution in [0.3, 0.4) is 0 Å². The van der Waals surface area contributed by atoms with Gasteiger partial charge in [-0.05, 0) is 18.9 Å². The number of ether oxygens (including phenoxy) is 1. The number of rotatable bonds is 1. The number of amides is 1. The number of aryl methyl sites for hydroxylation is 1. The highest BCUT2D eigenvalue weighted by molar-refractivity contribution is 6.04. The predicted molar refractivity (Wildman–Crippen MR) is 90.0 cm³/mol. The molecule has 0 radical (unpaired) electrons. The van der Waals surface area contributed by atoms with Crippen LogP contribution in [0.2, 0.25) is 0 Å². The third-order valence-corrected chi connectivity index (χ3v) is 5.15. The first kappa shape index (κ1) is 15.3. The van der Waals surface area contributed by atoms with Gasteiger partial charge in [-0.3, -0.25) is 9.59 Å². The van der Waals surface area contributed by atoms with Crippen molar-refractivity contribution in [3.63, 3.8) is 0 Å². The van der Waals surface area contributed by atoms with Crippen LogP contribution in [0.25, 0.3) is 10.8 Å². The van der Waals surface area contributed by atoms with E-state index >= 15 is 0 Å². The standard InChI is InChI=1S/C18H21N3O3/c1-20-17(22)13-7-3-2-6-12(13)16(19-20)18(23)21-10-11-24-15-9-5-4-8-14(15)21/h2-3,6-7,14-15H,4-5,8-11H2,1H3. The lowest BCUT2D eigenvalue weighted by Gasteiger charge is -2.43. The monoisotopic (exact) mass is 327 g/mol. The van der Waals surface area contributed by atoms with Crippen molar-refractivity contribution < 1.29 is 9.53 Å². The summed E-state index contributed by atoms with van der Waals surface area (Å²) in [6.07, 6.45) is 4.39. The minimum Gasteiger partial charge on any atom is -0.374 e. The summed E-state index contributed by atoms with van der Waals surface area (Å²) in [6.45, 7) is 1.15. The summed E-state index contributed by atoms with van der Waals surface area (Å²) in [5.74, 6) is -0.0954. The Morgan fingerprint density at radius 1 is 1.21 bits per heavy atom. The van der Waals surface area contributed by atoms with E-state index < -0.39 is 0 Å². The third kappa shape index (κ3) is 2.41. The molecule has 2 atom stereocenters. The number of fused-ring (bicyclic) bond motifs is 2. The summed E-state index contributed by atoms with van der Waals surface area (Å²) in [5, 5.41) is 5.45. The summed E-state index contributed by atoms with van der Waals surface area (Å²) >= 11 is 0. The van der Waals surface area contributed by atoms with Crippen LogP contribution >= 0.6 is 0 Å². The zero-order valence-corrected chi connectivity index (χ0v) is 13.8. The van der Waals surface area contributed by atoms with E-state index in [4.69, 9.17) is 4.74 Å². The van der Waals surface area contributed by atoms with E-state index in [1.807, 2.05) is 17.0 Å². The minimum absolute atomic E-state index is 0.0954. The Bertz CT molecular complexity index is 843. The topological polar surface area (TPSA) is 64.4 Å². The molecule has 0 N–H and O–H groups in total. The molecule has 1 aliphatic heterocycles. The predicted octanol–water partition coefficient (Wildman–Crippen LogP) is 1.72. The van der Waals surface area contributed by atoms with Gasteiger partial charge in [0.1, 0.15) is 0 Å². The van der Waals surface area contributed by atoms with Crippen molar-refractivity contribution in [3.8, 4) is 0 Å². The zero-order chi connectivity index (χ0) is 16.7. The number of hydrogen-bond donors (Lipinski definition) is 0. The molecule has 24 heavy (non-hydrogen) atoms. The van der Waals surface area contributed by atoms with Crippen LogP contribution in [0.15, 0.2) is 29.1 Å². The quantitative estimate of drug-likeness (QED) is 0.800. The van der Waals surface area contributed by atoms with Crippen molar-refractivity contribution in [1.82, 2.24) is 14.7 Å². The number of nitrogens with zero attached hydrogens (tertiary/aromatic N) is 3. The number of benzene rings is 1. The molecule has 1 aromatic carbocycles. The lowest BCUT2D eigenvalue weighted by Crippen LogP contribution is -2.55. The molecule has 6 nitrogen and oxygen atoms in total. The van der Waals surface area contributed by atoms with Crippen LogP contribution in [-0.4, -0.2) is 45.9 Å². The third-order valence-electron chi connectivity index (χ3n) is 5.15. The highest BCUT2D eigenvalue weighted by Gasteiger charge is 2.38. The summed E-state index contributed by atoms with van der Waals surface area (Å²) in [5.41, 5.74) is 0.179. The van der Waals surface area contributed by atoms with Gasteiger partial charge in [-0.2, -0.15) is 5.10 Å². The van der Waals surface area contributed by atoms with Gasteiger partial charge in [-0.1, -0.05) is 31.0 Å². The van der Waals surface area contributed by atoms with E-state index in [9.17, 15) is 9.59 Å². The molecule has 6 heteroatoms. The van der Waals surface area contributed by atoms with E-state index in [1.54, 1.807) is 19.2 Å². The first-order chi connectivity index (χ1) is 11.7. The molecular weight excluding hydrogens is 306 g/mol. The van der Waals surface area contributed by atoms with Gasteiger partial charge >= 0.3 is 0 Å². The van der Waals surface area contributed by atoms with E-state index in [0.29, 0.717) is 29.6 Å². The Kier molecular flexibility index (Phi) is 3.84. The highest BCUT2D eigenvalue weighted by atomic mass is 16.5. The average Bonchev–Trinajstić information content (AvgIpc) is 2.63. The van der Waals surface area contributed by atoms with Gasteiger partial charge in [0.05, 0.1) is 24.1 Å². The first-order valence-electron chi connectivity index (χ1n) is 8.55. The van der Waals surface area contributed by atoms with Gasteiger partial charge in [-0.15, -0.1) is 0 Å². The van der Waals surface area contributed by atoms with Crippen molar-refractivity contribution in [3.05, 3.63) is 40.3 Å². The van der Waals surface area contributed by atoms with E-state index in [-0.39, 0.29) is 23.6 Å². The fraction of sp³-hybridized carbons (Fsp3) is 0.500. The summed E-state index contributed by atoms with van der Waals surface area (Å²) in [7, 11) is 1.59. The van der Waals surface area contributed by atoms with Crippen LogP contribution in [0.1, 0.15) is 36.2 Å². The second kappa shape index (κ2) is 6.02. The molecule has 1 saturated carbocycles. The maximum absolute atomic E-state index is 13.2. The van der Waals surface area contributed by atoms with Crippen molar-refractivity contribution in [1.29, 1.82) is 0 Å². The Morgan fingerprint density at radius 2 is 1.96 bits per heavy atom. The van der Waals surface area contributed by atoms with E-state index in [2.05, 4.69) is 5.10 Å². The molecule has 1 aromatic heterocycles. The molecule has 1 saturated heterocycles. The van der Waals surface area contributed by atoms with Crippen molar-refractivity contribution >= 4 is 16.7 Å². The second-order valence-electron chi connectivity index (χ2n) is 6.58. The molecule has 0 spiro atoms. The number of carbonyl (C=O) groups is 1. The molecule has 2 fully saturated rings. The Hall–Kier alpha value is -2.21. The van der Waals surface area contributed by atoms with Gasteiger partial charge in [0.15, 0.2) is 5.69 Å². The van der Waals surface area contributed by atoms with Crippen LogP contribution in [0, 0.1) is 0 Å². The minimum atomic E-state index is -0.181. The summed E-state index contributed by atoms with van der Waals surface area (Å²) < 4.78 is 7.12. The van der Waals surface area contributed by atoms with E-state index in [1.165, 1.54) is 4.68 Å². The van der Waals surface area contributed by atoms with Crippen molar-refractivity contribution in [2.75, 3.05) is 13.2 Å². The first-order valence-corrected chi connectivity index (χ1v) is 8.55. The molecule has 126 valence electrons. The zero-order valence-electron chi connectivity index (χ0n) is 13.8. The lowest BCUT2D eigenvalue weighted by atomic mass is 9.90. The maximum atomic E-state index is 13.2. The van der Waals surface area contributed by atoms with Crippen LogP contribution in [0.5, 0.6) is 0 Å². The Morgan fingerprint density at radius 3 is 2.79 bits per heavy atom. The Balaban J connectivity index is 1.78. The fourth-order valence-corrected chi connectivity index (χ4v) is 3.94. The van der Waals surface area contributed by atoms with Crippen LogP contribution in [0.4, 0.5) is 0 Å². The number of morpholine rings is 1. The number of hydrogen-bond acceptors (Lipinski definition) is 4. The molecule has 2 heterocycles. The molecule has 4 rings (SSSR count). The van der Waals surface area contributed by atoms with Crippen LogP contribution in [-0.2, 0) is 11.8 Å². The second-order valence-corrected chi connectivity index (χ2v) is 6.58. The Labute approximate surface area is 140 Å². The van der Waals surface area contributed by atoms with E-state index in [0.717, 1.165) is 25.7 Å². The SMILES string of the molecule is Cn1nc(C(=O)N2CCOC3CCCCC32)c2ccccc2c1=O. The smallest absolute Gasteiger partial charge is 0.275 e. The average molecular weight is 327 g/mol. The normalized spacial score (nSPS) is 24.0. The molecule has 1 amide bonds. The van der Waals surface area contributed by atoms with Gasteiger partial charge < -0.3 is 9.64 Å². The van der Waals surface area contributed by atoms with Crippen LogP contribution < -0.4 is 5.56 Å². The van der Waals surface area contributed by atoms with Crippen molar-refractivity contribution in [2.24, 2.45) is 7.05 Å². The lowest BCUT2D eigenvalue weighted by molar-refractivity contribution is -0.0754. The molecular formula is C18H21N3O3. The molecule has 2 aliphatic rings. The van der Waals surface area contributed by atoms with Crippen molar-refractivity contribution in [2.45, 2.75) is 37.8 Å². The molecule has 2 aromatic rings. The van der Waals surface area contributed by atoms with Gasteiger partial charge in [0.2, 0.25) is 0 Å². The van der Waals surface area contributed by atoms with Gasteiger partial charge in [0.25, 0.3) is 11.5 Å². The molecule has 2 unspecified atom stereocenters. The summed E-state index contributed by atoms with van der Waals surface area (Å²) in [6, 6.07) is 7.32. The number of aromatic nitrogens is 2. The number of carbonyl (C=O) groups excluding carboxylic acids is 1.